The number of nitrogen functional groups attached to an aromatic ring is 1. The van der Waals surface area contributed by atoms with Crippen LogP contribution in [0.3, 0.4) is 0 Å². The Morgan fingerprint density at radius 2 is 1.89 bits per heavy atom. The van der Waals surface area contributed by atoms with Crippen LogP contribution >= 0.6 is 0 Å². The molecule has 1 aliphatic rings. The summed E-state index contributed by atoms with van der Waals surface area (Å²) in [5.74, 6) is 3.15. The van der Waals surface area contributed by atoms with Gasteiger partial charge in [0.15, 0.2) is 11.5 Å². The summed E-state index contributed by atoms with van der Waals surface area (Å²) in [6.07, 6.45) is 0.969. The molecule has 0 fully saturated rings. The van der Waals surface area contributed by atoms with Crippen LogP contribution in [-0.4, -0.2) is 23.2 Å². The van der Waals surface area contributed by atoms with E-state index in [2.05, 4.69) is 13.8 Å². The molecule has 1 aromatic rings. The molecule has 0 saturated carbocycles. The number of ether oxygens (including phenoxy) is 2. The number of fused-ring (bicyclic) bond motifs is 1. The topological polar surface area (TPSA) is 61.6 Å². The molecule has 5 heteroatoms. The molecular formula is C14H21NO3S. The second-order valence-electron chi connectivity index (χ2n) is 5.17. The van der Waals surface area contributed by atoms with E-state index in [4.69, 9.17) is 15.2 Å². The van der Waals surface area contributed by atoms with Crippen molar-refractivity contribution in [3.63, 3.8) is 0 Å². The minimum absolute atomic E-state index is 0.481. The van der Waals surface area contributed by atoms with Crippen molar-refractivity contribution in [2.24, 2.45) is 5.92 Å². The van der Waals surface area contributed by atoms with Crippen LogP contribution in [0.25, 0.3) is 0 Å². The highest BCUT2D eigenvalue weighted by atomic mass is 32.2. The molecule has 0 radical (unpaired) electrons. The molecule has 1 heterocycles. The first kappa shape index (κ1) is 14.2. The van der Waals surface area contributed by atoms with Gasteiger partial charge in [-0.15, -0.1) is 0 Å². The molecule has 0 amide bonds. The molecule has 1 atom stereocenters. The van der Waals surface area contributed by atoms with Crippen molar-refractivity contribution in [3.05, 3.63) is 17.7 Å². The largest absolute Gasteiger partial charge is 0.486 e. The average molecular weight is 283 g/mol. The molecule has 2 N–H and O–H groups in total. The molecule has 0 aromatic heterocycles. The molecule has 0 spiro atoms. The Hall–Kier alpha value is -1.23. The Bertz CT molecular complexity index is 474. The van der Waals surface area contributed by atoms with Crippen LogP contribution in [0.1, 0.15) is 25.8 Å². The van der Waals surface area contributed by atoms with Gasteiger partial charge < -0.3 is 15.2 Å². The number of rotatable bonds is 5. The van der Waals surface area contributed by atoms with Crippen LogP contribution < -0.4 is 15.2 Å². The first-order valence-corrected chi connectivity index (χ1v) is 8.08. The molecule has 0 aliphatic carbocycles. The van der Waals surface area contributed by atoms with Crippen molar-refractivity contribution < 1.29 is 13.7 Å². The highest BCUT2D eigenvalue weighted by Gasteiger charge is 2.16. The maximum Gasteiger partial charge on any atom is 0.163 e. The normalized spacial score (nSPS) is 15.5. The van der Waals surface area contributed by atoms with E-state index in [1.807, 2.05) is 6.07 Å². The zero-order valence-corrected chi connectivity index (χ0v) is 12.3. The Labute approximate surface area is 116 Å². The van der Waals surface area contributed by atoms with Gasteiger partial charge in [-0.05, 0) is 24.0 Å². The van der Waals surface area contributed by atoms with Crippen LogP contribution in [0.15, 0.2) is 12.1 Å². The third kappa shape index (κ3) is 3.86. The predicted molar refractivity (Wildman–Crippen MR) is 78.0 cm³/mol. The average Bonchev–Trinajstić information content (AvgIpc) is 2.37. The number of nitrogens with two attached hydrogens (primary N) is 1. The van der Waals surface area contributed by atoms with Gasteiger partial charge in [0.05, 0.1) is 5.75 Å². The number of anilines is 1. The molecule has 0 saturated heterocycles. The highest BCUT2D eigenvalue weighted by molar-refractivity contribution is 7.84. The zero-order chi connectivity index (χ0) is 13.8. The van der Waals surface area contributed by atoms with Gasteiger partial charge in [-0.1, -0.05) is 13.8 Å². The molecular weight excluding hydrogens is 262 g/mol. The first-order valence-electron chi connectivity index (χ1n) is 6.59. The molecule has 1 aromatic carbocycles. The quantitative estimate of drug-likeness (QED) is 0.843. The lowest BCUT2D eigenvalue weighted by Gasteiger charge is -2.20. The van der Waals surface area contributed by atoms with Gasteiger partial charge in [0.25, 0.3) is 0 Å². The van der Waals surface area contributed by atoms with Crippen LogP contribution in [0.5, 0.6) is 11.5 Å². The second-order valence-corrected chi connectivity index (χ2v) is 6.74. The fraction of sp³-hybridized carbons (Fsp3) is 0.571. The first-order chi connectivity index (χ1) is 9.06. The third-order valence-electron chi connectivity index (χ3n) is 3.04. The fourth-order valence-electron chi connectivity index (χ4n) is 1.88. The molecule has 2 rings (SSSR count). The predicted octanol–water partition coefficient (Wildman–Crippen LogP) is 2.33. The minimum atomic E-state index is -0.879. The molecule has 0 bridgehead atoms. The lowest BCUT2D eigenvalue weighted by molar-refractivity contribution is 0.171. The Morgan fingerprint density at radius 3 is 2.53 bits per heavy atom. The monoisotopic (exact) mass is 283 g/mol. The molecule has 1 unspecified atom stereocenters. The van der Waals surface area contributed by atoms with E-state index in [0.717, 1.165) is 12.0 Å². The third-order valence-corrected chi connectivity index (χ3v) is 4.37. The lowest BCUT2D eigenvalue weighted by atomic mass is 10.1. The summed E-state index contributed by atoms with van der Waals surface area (Å²) in [5, 5.41) is 0. The van der Waals surface area contributed by atoms with Gasteiger partial charge in [-0.25, -0.2) is 0 Å². The van der Waals surface area contributed by atoms with Gasteiger partial charge >= 0.3 is 0 Å². The standard InChI is InChI=1S/C14H21NO3S/c1-10(2)3-6-19(16)9-11-7-13-14(8-12(11)15)18-5-4-17-13/h7-8,10H,3-6,9,15H2,1-2H3. The van der Waals surface area contributed by atoms with Crippen molar-refractivity contribution in [1.82, 2.24) is 0 Å². The van der Waals surface area contributed by atoms with E-state index in [1.165, 1.54) is 0 Å². The Morgan fingerprint density at radius 1 is 1.26 bits per heavy atom. The van der Waals surface area contributed by atoms with Gasteiger partial charge in [0, 0.05) is 28.3 Å². The van der Waals surface area contributed by atoms with Gasteiger partial charge in [-0.3, -0.25) is 4.21 Å². The molecule has 19 heavy (non-hydrogen) atoms. The van der Waals surface area contributed by atoms with Gasteiger partial charge in [0.2, 0.25) is 0 Å². The maximum absolute atomic E-state index is 12.0. The van der Waals surface area contributed by atoms with Crippen molar-refractivity contribution in [2.45, 2.75) is 26.0 Å². The van der Waals surface area contributed by atoms with Crippen molar-refractivity contribution >= 4 is 16.5 Å². The van der Waals surface area contributed by atoms with Crippen LogP contribution in [-0.2, 0) is 16.6 Å². The smallest absolute Gasteiger partial charge is 0.163 e. The summed E-state index contributed by atoms with van der Waals surface area (Å²) >= 11 is 0. The van der Waals surface area contributed by atoms with Crippen LogP contribution in [0.4, 0.5) is 5.69 Å². The fourth-order valence-corrected chi connectivity index (χ4v) is 3.36. The Balaban J connectivity index is 2.05. The van der Waals surface area contributed by atoms with E-state index >= 15 is 0 Å². The van der Waals surface area contributed by atoms with E-state index in [1.54, 1.807) is 6.07 Å². The second kappa shape index (κ2) is 6.28. The summed E-state index contributed by atoms with van der Waals surface area (Å²) in [7, 11) is -0.879. The maximum atomic E-state index is 12.0. The van der Waals surface area contributed by atoms with E-state index in [-0.39, 0.29) is 0 Å². The summed E-state index contributed by atoms with van der Waals surface area (Å²) < 4.78 is 23.0. The van der Waals surface area contributed by atoms with Gasteiger partial charge in [-0.2, -0.15) is 0 Å². The van der Waals surface area contributed by atoms with Gasteiger partial charge in [0.1, 0.15) is 13.2 Å². The van der Waals surface area contributed by atoms with Crippen molar-refractivity contribution in [3.8, 4) is 11.5 Å². The van der Waals surface area contributed by atoms with Crippen molar-refractivity contribution in [1.29, 1.82) is 0 Å². The minimum Gasteiger partial charge on any atom is -0.486 e. The van der Waals surface area contributed by atoms with E-state index in [9.17, 15) is 4.21 Å². The summed E-state index contributed by atoms with van der Waals surface area (Å²) in [4.78, 5) is 0. The lowest BCUT2D eigenvalue weighted by Crippen LogP contribution is -2.16. The molecule has 106 valence electrons. The summed E-state index contributed by atoms with van der Waals surface area (Å²) in [5.41, 5.74) is 7.49. The SMILES string of the molecule is CC(C)CCS(=O)Cc1cc2c(cc1N)OCCO2. The number of benzene rings is 1. The van der Waals surface area contributed by atoms with E-state index < -0.39 is 10.8 Å². The Kier molecular flexibility index (Phi) is 4.69. The van der Waals surface area contributed by atoms with Crippen LogP contribution in [0, 0.1) is 5.92 Å². The van der Waals surface area contributed by atoms with E-state index in [0.29, 0.717) is 47.8 Å². The summed E-state index contributed by atoms with van der Waals surface area (Å²) in [6, 6.07) is 3.63. The van der Waals surface area contributed by atoms with Crippen LogP contribution in [0.2, 0.25) is 0 Å². The zero-order valence-electron chi connectivity index (χ0n) is 11.5. The number of hydrogen-bond donors (Lipinski definition) is 1. The molecule has 1 aliphatic heterocycles. The molecule has 4 nitrogen and oxygen atoms in total. The summed E-state index contributed by atoms with van der Waals surface area (Å²) in [6.45, 7) is 5.37. The number of hydrogen-bond acceptors (Lipinski definition) is 4. The highest BCUT2D eigenvalue weighted by Crippen LogP contribution is 2.34. The van der Waals surface area contributed by atoms with Crippen molar-refractivity contribution in [2.75, 3.05) is 24.7 Å².